The second-order valence-electron chi connectivity index (χ2n) is 10.3. The Morgan fingerprint density at radius 1 is 1.14 bits per heavy atom. The molecule has 2 aromatic heterocycles. The van der Waals surface area contributed by atoms with Gasteiger partial charge in [0, 0.05) is 37.8 Å². The fraction of sp³-hybridized carbons (Fsp3) is 0.652. The molecule has 1 saturated heterocycles. The molecule has 4 aliphatic rings. The van der Waals surface area contributed by atoms with Crippen LogP contribution in [0.25, 0.3) is 0 Å². The largest absolute Gasteiger partial charge is 0.446 e. The van der Waals surface area contributed by atoms with E-state index in [2.05, 4.69) is 20.2 Å². The highest BCUT2D eigenvalue weighted by Crippen LogP contribution is 2.54. The van der Waals surface area contributed by atoms with E-state index in [0.29, 0.717) is 42.0 Å². The summed E-state index contributed by atoms with van der Waals surface area (Å²) in [6.45, 7) is 1.32. The zero-order chi connectivity index (χ0) is 25.1. The molecule has 3 fully saturated rings. The smallest absolute Gasteiger partial charge is 0.394 e. The predicted molar refractivity (Wildman–Crippen MR) is 130 cm³/mol. The topological polar surface area (TPSA) is 104 Å². The Balaban J connectivity index is 1.19. The molecule has 0 amide bonds. The van der Waals surface area contributed by atoms with E-state index >= 15 is 0 Å². The lowest BCUT2D eigenvalue weighted by molar-refractivity contribution is -0.0328. The Labute approximate surface area is 213 Å². The summed E-state index contributed by atoms with van der Waals surface area (Å²) in [5.74, 6) is 1.79. The lowest BCUT2D eigenvalue weighted by atomic mass is 9.77. The fourth-order valence-corrected chi connectivity index (χ4v) is 7.61. The van der Waals surface area contributed by atoms with Gasteiger partial charge in [0.2, 0.25) is 5.95 Å². The molecule has 2 aliphatic carbocycles. The first-order chi connectivity index (χ1) is 17.2. The maximum atomic E-state index is 13.3. The second-order valence-corrected chi connectivity index (χ2v) is 13.2. The summed E-state index contributed by atoms with van der Waals surface area (Å²) < 4.78 is 50.8. The number of hydrogen-bond acceptors (Lipinski definition) is 9. The van der Waals surface area contributed by atoms with Crippen LogP contribution in [0.4, 0.5) is 24.9 Å². The number of fused-ring (bicyclic) bond motifs is 1. The molecule has 2 N–H and O–H groups in total. The van der Waals surface area contributed by atoms with Gasteiger partial charge in [-0.2, -0.15) is 18.2 Å². The minimum atomic E-state index is -4.36. The highest BCUT2D eigenvalue weighted by atomic mass is 32.2. The molecule has 2 aromatic rings. The number of nitrogens with zero attached hydrogens (tertiary/aromatic N) is 5. The van der Waals surface area contributed by atoms with Crippen LogP contribution in [0, 0.1) is 0 Å². The number of nitrogens with one attached hydrogen (secondary N) is 1. The number of hydrogen-bond donors (Lipinski definition) is 2. The van der Waals surface area contributed by atoms with Gasteiger partial charge >= 0.3 is 5.51 Å². The van der Waals surface area contributed by atoms with Crippen LogP contribution in [0.1, 0.15) is 62.4 Å². The maximum Gasteiger partial charge on any atom is 0.446 e. The lowest BCUT2D eigenvalue weighted by Crippen LogP contribution is -2.49. The van der Waals surface area contributed by atoms with Crippen molar-refractivity contribution in [2.24, 2.45) is 0 Å². The predicted octanol–water partition coefficient (Wildman–Crippen LogP) is 3.79. The minimum Gasteiger partial charge on any atom is -0.394 e. The van der Waals surface area contributed by atoms with Gasteiger partial charge < -0.3 is 15.3 Å². The molecule has 1 atom stereocenters. The van der Waals surface area contributed by atoms with Gasteiger partial charge in [-0.1, -0.05) is 0 Å². The van der Waals surface area contributed by atoms with E-state index < -0.39 is 21.8 Å². The van der Waals surface area contributed by atoms with Gasteiger partial charge in [-0.3, -0.25) is 4.21 Å². The fourth-order valence-electron chi connectivity index (χ4n) is 5.35. The van der Waals surface area contributed by atoms with Crippen molar-refractivity contribution in [2.45, 2.75) is 82.9 Å². The second kappa shape index (κ2) is 8.80. The normalized spacial score (nSPS) is 24.4. The Kier molecular flexibility index (Phi) is 5.95. The molecule has 1 spiro atoms. The van der Waals surface area contributed by atoms with Crippen LogP contribution in [-0.4, -0.2) is 64.7 Å². The Hall–Kier alpha value is -1.99. The molecular formula is C23H27F3N6O2S2. The van der Waals surface area contributed by atoms with Gasteiger partial charge in [0.15, 0.2) is 0 Å². The number of rotatable bonds is 6. The summed E-state index contributed by atoms with van der Waals surface area (Å²) in [6, 6.07) is 0. The molecule has 2 saturated carbocycles. The third-order valence-corrected chi connectivity index (χ3v) is 10.6. The SMILES string of the molecule is O=[S@]1c2c(nc(N3CCC(c4ncc(SC(F)(F)F)cn4)CC3)nc2NC2(CO)CCC2)CC12CC2. The lowest BCUT2D eigenvalue weighted by Gasteiger charge is -2.42. The van der Waals surface area contributed by atoms with E-state index in [1.54, 1.807) is 0 Å². The van der Waals surface area contributed by atoms with E-state index in [4.69, 9.17) is 9.97 Å². The first-order valence-electron chi connectivity index (χ1n) is 12.2. The molecular weight excluding hydrogens is 513 g/mol. The summed E-state index contributed by atoms with van der Waals surface area (Å²) in [6.07, 6.45) is 9.21. The van der Waals surface area contributed by atoms with Gasteiger partial charge in [-0.25, -0.2) is 15.0 Å². The Bertz CT molecular complexity index is 1170. The molecule has 13 heteroatoms. The molecule has 0 aromatic carbocycles. The van der Waals surface area contributed by atoms with Gasteiger partial charge in [-0.05, 0) is 56.7 Å². The molecule has 194 valence electrons. The van der Waals surface area contributed by atoms with Crippen LogP contribution >= 0.6 is 11.8 Å². The number of aliphatic hydroxyl groups is 1. The maximum absolute atomic E-state index is 13.3. The van der Waals surface area contributed by atoms with Crippen molar-refractivity contribution in [1.29, 1.82) is 0 Å². The van der Waals surface area contributed by atoms with E-state index in [1.165, 1.54) is 12.4 Å². The zero-order valence-corrected chi connectivity index (χ0v) is 21.2. The highest BCUT2D eigenvalue weighted by molar-refractivity contribution is 8.00. The van der Waals surface area contributed by atoms with Crippen LogP contribution in [-0.2, 0) is 17.2 Å². The summed E-state index contributed by atoms with van der Waals surface area (Å²) in [7, 11) is -1.15. The molecule has 2 aliphatic heterocycles. The van der Waals surface area contributed by atoms with E-state index in [9.17, 15) is 22.5 Å². The summed E-state index contributed by atoms with van der Waals surface area (Å²) in [5.41, 5.74) is -3.93. The highest BCUT2D eigenvalue weighted by Gasteiger charge is 2.56. The van der Waals surface area contributed by atoms with Crippen molar-refractivity contribution in [3.63, 3.8) is 0 Å². The number of anilines is 2. The van der Waals surface area contributed by atoms with Crippen molar-refractivity contribution < 1.29 is 22.5 Å². The van der Waals surface area contributed by atoms with Crippen LogP contribution in [0.2, 0.25) is 0 Å². The van der Waals surface area contributed by atoms with Crippen molar-refractivity contribution in [3.05, 3.63) is 23.9 Å². The van der Waals surface area contributed by atoms with Crippen LogP contribution in [0.5, 0.6) is 0 Å². The van der Waals surface area contributed by atoms with Crippen LogP contribution in [0.3, 0.4) is 0 Å². The summed E-state index contributed by atoms with van der Waals surface area (Å²) >= 11 is -0.213. The van der Waals surface area contributed by atoms with Crippen LogP contribution in [0.15, 0.2) is 22.2 Å². The Morgan fingerprint density at radius 3 is 2.39 bits per heavy atom. The first-order valence-corrected chi connectivity index (χ1v) is 14.2. The molecule has 8 nitrogen and oxygen atoms in total. The van der Waals surface area contributed by atoms with Gasteiger partial charge in [0.05, 0.1) is 38.3 Å². The average molecular weight is 541 g/mol. The minimum absolute atomic E-state index is 0.00451. The number of aliphatic hydroxyl groups excluding tert-OH is 1. The number of aromatic nitrogens is 4. The van der Waals surface area contributed by atoms with Gasteiger partial charge in [0.1, 0.15) is 16.5 Å². The number of piperidine rings is 1. The zero-order valence-electron chi connectivity index (χ0n) is 19.6. The van der Waals surface area contributed by atoms with Crippen molar-refractivity contribution in [2.75, 3.05) is 29.9 Å². The number of alkyl halides is 3. The first kappa shape index (κ1) is 24.4. The monoisotopic (exact) mass is 540 g/mol. The molecule has 0 bridgehead atoms. The Morgan fingerprint density at radius 2 is 1.83 bits per heavy atom. The van der Waals surface area contributed by atoms with Crippen molar-refractivity contribution >= 4 is 34.3 Å². The van der Waals surface area contributed by atoms with E-state index in [1.807, 2.05) is 0 Å². The molecule has 6 rings (SSSR count). The molecule has 36 heavy (non-hydrogen) atoms. The van der Waals surface area contributed by atoms with Crippen molar-refractivity contribution in [3.8, 4) is 0 Å². The molecule has 0 unspecified atom stereocenters. The summed E-state index contributed by atoms with van der Waals surface area (Å²) in [5, 5.41) is 13.4. The van der Waals surface area contributed by atoms with E-state index in [0.717, 1.165) is 50.6 Å². The summed E-state index contributed by atoms with van der Waals surface area (Å²) in [4.78, 5) is 20.8. The average Bonchev–Trinajstić information content (AvgIpc) is 3.55. The third-order valence-electron chi connectivity index (χ3n) is 7.82. The number of thioether (sulfide) groups is 1. The third kappa shape index (κ3) is 4.47. The van der Waals surface area contributed by atoms with E-state index in [-0.39, 0.29) is 33.9 Å². The standard InChI is InChI=1S/C23H27F3N6O2S2/c24-23(25,26)35-15-11-27-18(28-12-15)14-2-8-32(9-3-14)20-29-16-10-22(6-7-22)36(34)17(16)19(30-20)31-21(13-33)4-1-5-21/h11-12,14,33H,1-10,13H2,(H,29,30,31)/t36-/m0/s1. The van der Waals surface area contributed by atoms with Gasteiger partial charge in [-0.15, -0.1) is 0 Å². The van der Waals surface area contributed by atoms with Crippen molar-refractivity contribution in [1.82, 2.24) is 19.9 Å². The number of halogens is 3. The quantitative estimate of drug-likeness (QED) is 0.530. The molecule has 0 radical (unpaired) electrons. The van der Waals surface area contributed by atoms with Crippen LogP contribution < -0.4 is 10.2 Å². The van der Waals surface area contributed by atoms with Gasteiger partial charge in [0.25, 0.3) is 0 Å². The molecule has 4 heterocycles.